The number of hydrogen-bond acceptors (Lipinski definition) is 4. The summed E-state index contributed by atoms with van der Waals surface area (Å²) >= 11 is 0. The first-order valence-electron chi connectivity index (χ1n) is 7.46. The van der Waals surface area contributed by atoms with Crippen LogP contribution in [0.2, 0.25) is 0 Å². The first-order valence-corrected chi connectivity index (χ1v) is 7.46. The number of esters is 2. The molecule has 0 unspecified atom stereocenters. The molecule has 0 spiro atoms. The van der Waals surface area contributed by atoms with Gasteiger partial charge in [0.15, 0.2) is 0 Å². The van der Waals surface area contributed by atoms with Gasteiger partial charge in [0.05, 0.1) is 24.8 Å². The molecule has 23 heavy (non-hydrogen) atoms. The largest absolute Gasteiger partial charge is 0.465 e. The average molecular weight is 312 g/mol. The molecule has 0 heterocycles. The van der Waals surface area contributed by atoms with Crippen LogP contribution >= 0.6 is 0 Å². The van der Waals surface area contributed by atoms with Gasteiger partial charge >= 0.3 is 11.9 Å². The molecule has 0 saturated carbocycles. The molecule has 0 aliphatic rings. The van der Waals surface area contributed by atoms with Crippen molar-refractivity contribution in [1.29, 1.82) is 0 Å². The highest BCUT2D eigenvalue weighted by Crippen LogP contribution is 2.30. The third-order valence-corrected chi connectivity index (χ3v) is 3.86. The number of rotatable bonds is 4. The van der Waals surface area contributed by atoms with E-state index in [9.17, 15) is 9.59 Å². The average Bonchev–Trinajstić information content (AvgIpc) is 2.55. The van der Waals surface area contributed by atoms with Crippen LogP contribution in [0, 0.1) is 13.8 Å². The Balaban J connectivity index is 2.58. The van der Waals surface area contributed by atoms with Gasteiger partial charge < -0.3 is 9.47 Å². The third-order valence-electron chi connectivity index (χ3n) is 3.86. The summed E-state index contributed by atoms with van der Waals surface area (Å²) in [5.41, 5.74) is 4.51. The maximum Gasteiger partial charge on any atom is 0.338 e. The van der Waals surface area contributed by atoms with Crippen molar-refractivity contribution in [3.63, 3.8) is 0 Å². The number of ether oxygens (including phenoxy) is 2. The first-order chi connectivity index (χ1) is 11.0. The summed E-state index contributed by atoms with van der Waals surface area (Å²) < 4.78 is 9.92. The maximum absolute atomic E-state index is 12.1. The van der Waals surface area contributed by atoms with Crippen molar-refractivity contribution in [2.24, 2.45) is 0 Å². The van der Waals surface area contributed by atoms with Crippen LogP contribution in [0.4, 0.5) is 0 Å². The quantitative estimate of drug-likeness (QED) is 0.803. The molecular weight excluding hydrogens is 292 g/mol. The lowest BCUT2D eigenvalue weighted by Gasteiger charge is -2.14. The van der Waals surface area contributed by atoms with Crippen molar-refractivity contribution in [1.82, 2.24) is 0 Å². The second kappa shape index (κ2) is 7.09. The number of methoxy groups -OCH3 is 1. The monoisotopic (exact) mass is 312 g/mol. The van der Waals surface area contributed by atoms with Crippen LogP contribution in [0.1, 0.15) is 38.8 Å². The maximum atomic E-state index is 12.1. The summed E-state index contributed by atoms with van der Waals surface area (Å²) in [5, 5.41) is 0. The van der Waals surface area contributed by atoms with E-state index in [0.717, 1.165) is 22.3 Å². The zero-order valence-corrected chi connectivity index (χ0v) is 13.8. The lowest BCUT2D eigenvalue weighted by molar-refractivity contribution is 0.0524. The second-order valence-electron chi connectivity index (χ2n) is 5.17. The predicted molar refractivity (Wildman–Crippen MR) is 88.6 cm³/mol. The van der Waals surface area contributed by atoms with E-state index in [-0.39, 0.29) is 11.9 Å². The van der Waals surface area contributed by atoms with E-state index in [0.29, 0.717) is 17.7 Å². The molecule has 0 aromatic heterocycles. The van der Waals surface area contributed by atoms with Gasteiger partial charge in [0.1, 0.15) is 0 Å². The Kier molecular flexibility index (Phi) is 5.16. The van der Waals surface area contributed by atoms with Crippen LogP contribution in [-0.2, 0) is 9.47 Å². The molecule has 120 valence electrons. The molecular formula is C19H20O4. The van der Waals surface area contributed by atoms with Gasteiger partial charge in [-0.15, -0.1) is 0 Å². The predicted octanol–water partition coefficient (Wildman–Crippen LogP) is 3.93. The Bertz CT molecular complexity index is 747. The number of hydrogen-bond donors (Lipinski definition) is 0. The van der Waals surface area contributed by atoms with Gasteiger partial charge in [0.25, 0.3) is 0 Å². The fourth-order valence-corrected chi connectivity index (χ4v) is 2.62. The van der Waals surface area contributed by atoms with Crippen LogP contribution in [0.25, 0.3) is 11.1 Å². The third kappa shape index (κ3) is 3.26. The summed E-state index contributed by atoms with van der Waals surface area (Å²) in [6, 6.07) is 11.0. The van der Waals surface area contributed by atoms with Gasteiger partial charge in [-0.1, -0.05) is 24.3 Å². The zero-order chi connectivity index (χ0) is 17.0. The normalized spacial score (nSPS) is 10.3. The Morgan fingerprint density at radius 2 is 1.35 bits per heavy atom. The lowest BCUT2D eigenvalue weighted by Crippen LogP contribution is -2.08. The molecule has 0 radical (unpaired) electrons. The van der Waals surface area contributed by atoms with Crippen LogP contribution in [-0.4, -0.2) is 25.7 Å². The standard InChI is InChI=1S/C19H20O4/c1-5-23-19(21)17-11-7-9-15(13(17)3)14-8-6-10-16(12(14)2)18(20)22-4/h6-11H,5H2,1-4H3. The molecule has 0 amide bonds. The van der Waals surface area contributed by atoms with E-state index >= 15 is 0 Å². The van der Waals surface area contributed by atoms with E-state index in [1.807, 2.05) is 38.1 Å². The van der Waals surface area contributed by atoms with Crippen LogP contribution in [0.3, 0.4) is 0 Å². The Morgan fingerprint density at radius 1 is 0.870 bits per heavy atom. The molecule has 0 aliphatic heterocycles. The molecule has 2 aromatic carbocycles. The highest BCUT2D eigenvalue weighted by Gasteiger charge is 2.17. The van der Waals surface area contributed by atoms with E-state index < -0.39 is 0 Å². The summed E-state index contributed by atoms with van der Waals surface area (Å²) in [6.07, 6.45) is 0. The summed E-state index contributed by atoms with van der Waals surface area (Å²) in [6.45, 7) is 5.87. The first kappa shape index (κ1) is 16.7. The Hall–Kier alpha value is -2.62. The Labute approximate surface area is 136 Å². The van der Waals surface area contributed by atoms with Gasteiger partial charge in [-0.25, -0.2) is 9.59 Å². The molecule has 0 fully saturated rings. The summed E-state index contributed by atoms with van der Waals surface area (Å²) in [7, 11) is 1.36. The second-order valence-corrected chi connectivity index (χ2v) is 5.17. The van der Waals surface area contributed by atoms with E-state index in [2.05, 4.69) is 0 Å². The van der Waals surface area contributed by atoms with Crippen molar-refractivity contribution in [2.45, 2.75) is 20.8 Å². The van der Waals surface area contributed by atoms with Crippen LogP contribution in [0.15, 0.2) is 36.4 Å². The van der Waals surface area contributed by atoms with Crippen molar-refractivity contribution >= 4 is 11.9 Å². The van der Waals surface area contributed by atoms with Gasteiger partial charge in [-0.05, 0) is 55.2 Å². The minimum absolute atomic E-state index is 0.333. The van der Waals surface area contributed by atoms with Gasteiger partial charge in [0.2, 0.25) is 0 Å². The highest BCUT2D eigenvalue weighted by atomic mass is 16.5. The molecule has 0 saturated heterocycles. The molecule has 0 atom stereocenters. The molecule has 2 rings (SSSR count). The highest BCUT2D eigenvalue weighted by molar-refractivity contribution is 5.96. The lowest BCUT2D eigenvalue weighted by atomic mass is 9.91. The molecule has 2 aromatic rings. The number of benzene rings is 2. The Morgan fingerprint density at radius 3 is 1.78 bits per heavy atom. The smallest absolute Gasteiger partial charge is 0.338 e. The zero-order valence-electron chi connectivity index (χ0n) is 13.8. The minimum Gasteiger partial charge on any atom is -0.465 e. The number of carbonyl (C=O) groups excluding carboxylic acids is 2. The molecule has 0 bridgehead atoms. The van der Waals surface area contributed by atoms with Crippen LogP contribution < -0.4 is 0 Å². The van der Waals surface area contributed by atoms with Gasteiger partial charge in [-0.3, -0.25) is 0 Å². The molecule has 0 N–H and O–H groups in total. The molecule has 0 aliphatic carbocycles. The fraction of sp³-hybridized carbons (Fsp3) is 0.263. The summed E-state index contributed by atoms with van der Waals surface area (Å²) in [5.74, 6) is -0.711. The van der Waals surface area contributed by atoms with Crippen molar-refractivity contribution in [3.8, 4) is 11.1 Å². The van der Waals surface area contributed by atoms with E-state index in [1.165, 1.54) is 7.11 Å². The minimum atomic E-state index is -0.372. The SMILES string of the molecule is CCOC(=O)c1cccc(-c2cccc(C(=O)OC)c2C)c1C. The molecule has 4 nitrogen and oxygen atoms in total. The fourth-order valence-electron chi connectivity index (χ4n) is 2.62. The van der Waals surface area contributed by atoms with Crippen LogP contribution in [0.5, 0.6) is 0 Å². The van der Waals surface area contributed by atoms with E-state index in [4.69, 9.17) is 9.47 Å². The topological polar surface area (TPSA) is 52.6 Å². The van der Waals surface area contributed by atoms with Crippen molar-refractivity contribution in [3.05, 3.63) is 58.7 Å². The number of carbonyl (C=O) groups is 2. The van der Waals surface area contributed by atoms with E-state index in [1.54, 1.807) is 19.1 Å². The van der Waals surface area contributed by atoms with Crippen molar-refractivity contribution in [2.75, 3.05) is 13.7 Å². The summed E-state index contributed by atoms with van der Waals surface area (Å²) in [4.78, 5) is 23.9. The van der Waals surface area contributed by atoms with Gasteiger partial charge in [0, 0.05) is 0 Å². The molecule has 4 heteroatoms. The van der Waals surface area contributed by atoms with Crippen molar-refractivity contribution < 1.29 is 19.1 Å². The van der Waals surface area contributed by atoms with Gasteiger partial charge in [-0.2, -0.15) is 0 Å².